The minimum absolute atomic E-state index is 0.0340. The Kier molecular flexibility index (Phi) is 7.23. The van der Waals surface area contributed by atoms with Gasteiger partial charge in [0.05, 0.1) is 20.0 Å². The summed E-state index contributed by atoms with van der Waals surface area (Å²) in [5.41, 5.74) is 2.82. The molecule has 1 amide bonds. The first-order valence-electron chi connectivity index (χ1n) is 11.9. The van der Waals surface area contributed by atoms with E-state index in [0.29, 0.717) is 24.5 Å². The molecule has 0 bridgehead atoms. The highest BCUT2D eigenvalue weighted by atomic mass is 32.2. The van der Waals surface area contributed by atoms with Gasteiger partial charge in [0.25, 0.3) is 0 Å². The third-order valence-corrected chi connectivity index (χ3v) is 9.99. The first-order chi connectivity index (χ1) is 17.3. The lowest BCUT2D eigenvalue weighted by Gasteiger charge is -2.13. The Morgan fingerprint density at radius 2 is 1.92 bits per heavy atom. The number of carbonyl (C=O) groups excluding carboxylic acids is 1. The average Bonchev–Trinajstić information content (AvgIpc) is 3.44. The number of hydrogen-bond donors (Lipinski definition) is 3. The van der Waals surface area contributed by atoms with Crippen LogP contribution in [0, 0.1) is 0 Å². The number of thiophene rings is 1. The SMILES string of the molecule is CC(C)NCCC(=O)Nc1sc2c(c1-c1nc3cc(S(=O)(=O)c4ccccc4)ccc3s1)CCNC2. The fourth-order valence-electron chi connectivity index (χ4n) is 4.23. The molecule has 36 heavy (non-hydrogen) atoms. The quantitative estimate of drug-likeness (QED) is 0.296. The van der Waals surface area contributed by atoms with E-state index < -0.39 is 9.84 Å². The van der Waals surface area contributed by atoms with Crippen LogP contribution in [-0.4, -0.2) is 38.4 Å². The number of benzene rings is 2. The average molecular weight is 541 g/mol. The normalized spacial score (nSPS) is 13.8. The molecular formula is C26H28N4O3S3. The van der Waals surface area contributed by atoms with Gasteiger partial charge in [-0.2, -0.15) is 0 Å². The van der Waals surface area contributed by atoms with Crippen LogP contribution >= 0.6 is 22.7 Å². The molecule has 7 nitrogen and oxygen atoms in total. The van der Waals surface area contributed by atoms with Crippen LogP contribution < -0.4 is 16.0 Å². The summed E-state index contributed by atoms with van der Waals surface area (Å²) < 4.78 is 27.2. The van der Waals surface area contributed by atoms with E-state index >= 15 is 0 Å². The number of hydrogen-bond acceptors (Lipinski definition) is 8. The van der Waals surface area contributed by atoms with E-state index in [0.717, 1.165) is 39.8 Å². The lowest BCUT2D eigenvalue weighted by Crippen LogP contribution is -2.27. The van der Waals surface area contributed by atoms with Crippen molar-refractivity contribution in [3.8, 4) is 10.6 Å². The minimum atomic E-state index is -3.63. The van der Waals surface area contributed by atoms with Gasteiger partial charge in [-0.25, -0.2) is 13.4 Å². The molecule has 0 atom stereocenters. The summed E-state index contributed by atoms with van der Waals surface area (Å²) in [5.74, 6) is -0.0340. The number of aromatic nitrogens is 1. The summed E-state index contributed by atoms with van der Waals surface area (Å²) in [6.45, 7) is 6.36. The molecule has 0 fully saturated rings. The molecule has 1 aliphatic rings. The number of fused-ring (bicyclic) bond motifs is 2. The predicted molar refractivity (Wildman–Crippen MR) is 147 cm³/mol. The van der Waals surface area contributed by atoms with Gasteiger partial charge in [0.15, 0.2) is 0 Å². The summed E-state index contributed by atoms with van der Waals surface area (Å²) in [6.07, 6.45) is 1.24. The zero-order valence-electron chi connectivity index (χ0n) is 20.1. The van der Waals surface area contributed by atoms with Gasteiger partial charge in [-0.3, -0.25) is 4.79 Å². The van der Waals surface area contributed by atoms with Crippen molar-refractivity contribution in [3.63, 3.8) is 0 Å². The van der Waals surface area contributed by atoms with Crippen LogP contribution in [0.25, 0.3) is 20.8 Å². The number of nitrogens with one attached hydrogen (secondary N) is 3. The Hall–Kier alpha value is -2.63. The van der Waals surface area contributed by atoms with E-state index in [1.165, 1.54) is 21.8 Å². The van der Waals surface area contributed by atoms with Crippen LogP contribution in [0.2, 0.25) is 0 Å². The Balaban J connectivity index is 1.50. The summed E-state index contributed by atoms with van der Waals surface area (Å²) in [4.78, 5) is 19.3. The van der Waals surface area contributed by atoms with Crippen molar-refractivity contribution < 1.29 is 13.2 Å². The van der Waals surface area contributed by atoms with Gasteiger partial charge in [-0.1, -0.05) is 32.0 Å². The first kappa shape index (κ1) is 25.0. The Morgan fingerprint density at radius 3 is 2.69 bits per heavy atom. The van der Waals surface area contributed by atoms with Crippen LogP contribution in [0.3, 0.4) is 0 Å². The smallest absolute Gasteiger partial charge is 0.226 e. The van der Waals surface area contributed by atoms with Crippen molar-refractivity contribution in [1.29, 1.82) is 0 Å². The number of anilines is 1. The molecule has 0 saturated heterocycles. The molecule has 2 aromatic carbocycles. The molecule has 0 spiro atoms. The number of carbonyl (C=O) groups is 1. The van der Waals surface area contributed by atoms with Gasteiger partial charge in [-0.15, -0.1) is 22.7 Å². The summed E-state index contributed by atoms with van der Waals surface area (Å²) in [6, 6.07) is 13.9. The molecule has 0 saturated carbocycles. The summed E-state index contributed by atoms with van der Waals surface area (Å²) >= 11 is 3.12. The maximum atomic E-state index is 13.1. The third kappa shape index (κ3) is 5.09. The van der Waals surface area contributed by atoms with Crippen molar-refractivity contribution in [3.05, 3.63) is 59.0 Å². The maximum Gasteiger partial charge on any atom is 0.226 e. The van der Waals surface area contributed by atoms with Crippen molar-refractivity contribution in [2.45, 2.75) is 49.1 Å². The molecule has 1 aliphatic heterocycles. The lowest BCUT2D eigenvalue weighted by molar-refractivity contribution is -0.116. The molecule has 5 rings (SSSR count). The van der Waals surface area contributed by atoms with Crippen LogP contribution in [0.4, 0.5) is 5.00 Å². The predicted octanol–water partition coefficient (Wildman–Crippen LogP) is 4.83. The number of amides is 1. The van der Waals surface area contributed by atoms with Gasteiger partial charge < -0.3 is 16.0 Å². The van der Waals surface area contributed by atoms with Gasteiger partial charge in [0, 0.05) is 36.0 Å². The van der Waals surface area contributed by atoms with Crippen molar-refractivity contribution in [1.82, 2.24) is 15.6 Å². The van der Waals surface area contributed by atoms with E-state index in [9.17, 15) is 13.2 Å². The Morgan fingerprint density at radius 1 is 1.11 bits per heavy atom. The monoisotopic (exact) mass is 540 g/mol. The highest BCUT2D eigenvalue weighted by Gasteiger charge is 2.26. The molecule has 10 heteroatoms. The topological polar surface area (TPSA) is 100 Å². The van der Waals surface area contributed by atoms with Gasteiger partial charge in [0.2, 0.25) is 15.7 Å². The van der Waals surface area contributed by atoms with Crippen molar-refractivity contribution in [2.24, 2.45) is 0 Å². The highest BCUT2D eigenvalue weighted by Crippen LogP contribution is 2.45. The van der Waals surface area contributed by atoms with Gasteiger partial charge in [0.1, 0.15) is 10.0 Å². The zero-order valence-corrected chi connectivity index (χ0v) is 22.6. The van der Waals surface area contributed by atoms with E-state index in [1.54, 1.807) is 53.8 Å². The van der Waals surface area contributed by atoms with Crippen LogP contribution in [0.15, 0.2) is 58.3 Å². The first-order valence-corrected chi connectivity index (χ1v) is 15.0. The van der Waals surface area contributed by atoms with Crippen molar-refractivity contribution >= 4 is 53.6 Å². The maximum absolute atomic E-state index is 13.1. The number of thiazole rings is 1. The van der Waals surface area contributed by atoms with Gasteiger partial charge in [-0.05, 0) is 48.9 Å². The Labute approximate surface area is 218 Å². The molecule has 3 heterocycles. The lowest BCUT2D eigenvalue weighted by atomic mass is 10.0. The fourth-order valence-corrected chi connectivity index (χ4v) is 7.86. The standard InChI is InChI=1S/C26H28N4O3S3/c1-16(2)28-13-11-23(31)30-26-24(19-10-12-27-15-22(19)35-26)25-29-20-14-18(8-9-21(20)34-25)36(32,33)17-6-4-3-5-7-17/h3-9,14,16,27-28H,10-13,15H2,1-2H3,(H,30,31). The molecule has 0 aliphatic carbocycles. The second-order valence-corrected chi connectivity index (χ2v) is 13.1. The van der Waals surface area contributed by atoms with E-state index in [-0.39, 0.29) is 15.7 Å². The van der Waals surface area contributed by atoms with Crippen LogP contribution in [0.1, 0.15) is 30.7 Å². The molecule has 3 N–H and O–H groups in total. The highest BCUT2D eigenvalue weighted by molar-refractivity contribution is 7.91. The molecule has 2 aromatic heterocycles. The Bertz CT molecular complexity index is 1510. The molecule has 0 unspecified atom stereocenters. The van der Waals surface area contributed by atoms with Crippen molar-refractivity contribution in [2.75, 3.05) is 18.4 Å². The fraction of sp³-hybridized carbons (Fsp3) is 0.308. The van der Waals surface area contributed by atoms with Crippen LogP contribution in [0.5, 0.6) is 0 Å². The van der Waals surface area contributed by atoms with E-state index in [4.69, 9.17) is 4.98 Å². The van der Waals surface area contributed by atoms with E-state index in [1.807, 2.05) is 6.07 Å². The second-order valence-electron chi connectivity index (χ2n) is 9.01. The number of sulfone groups is 1. The summed E-state index contributed by atoms with van der Waals surface area (Å²) in [5, 5.41) is 11.4. The summed E-state index contributed by atoms with van der Waals surface area (Å²) in [7, 11) is -3.63. The second kappa shape index (κ2) is 10.4. The molecule has 0 radical (unpaired) electrons. The third-order valence-electron chi connectivity index (χ3n) is 6.02. The van der Waals surface area contributed by atoms with Crippen LogP contribution in [-0.2, 0) is 27.6 Å². The number of nitrogens with zero attached hydrogens (tertiary/aromatic N) is 1. The molecule has 4 aromatic rings. The zero-order chi connectivity index (χ0) is 25.3. The molecular weight excluding hydrogens is 513 g/mol. The number of rotatable bonds is 8. The van der Waals surface area contributed by atoms with E-state index in [2.05, 4.69) is 29.8 Å². The van der Waals surface area contributed by atoms with Gasteiger partial charge >= 0.3 is 0 Å². The largest absolute Gasteiger partial charge is 0.317 e. The molecule has 188 valence electrons. The minimum Gasteiger partial charge on any atom is -0.317 e.